The molecule has 0 aliphatic carbocycles. The second-order valence-corrected chi connectivity index (χ2v) is 4.80. The van der Waals surface area contributed by atoms with Crippen molar-refractivity contribution in [3.63, 3.8) is 0 Å². The van der Waals surface area contributed by atoms with Crippen molar-refractivity contribution in [2.24, 2.45) is 5.10 Å². The van der Waals surface area contributed by atoms with Crippen molar-refractivity contribution in [2.75, 3.05) is 5.43 Å². The fraction of sp³-hybridized carbons (Fsp3) is 0. The van der Waals surface area contributed by atoms with E-state index >= 15 is 0 Å². The minimum absolute atomic E-state index is 0.299. The average molecular weight is 400 g/mol. The van der Waals surface area contributed by atoms with E-state index in [-0.39, 0.29) is 5.71 Å². The largest absolute Gasteiger partial charge is 0.274 e. The van der Waals surface area contributed by atoms with E-state index in [2.05, 4.69) is 26.5 Å². The smallest absolute Gasteiger partial charge is 0.237 e. The minimum atomic E-state index is -0.299. The van der Waals surface area contributed by atoms with Crippen LogP contribution < -0.4 is 5.43 Å². The molecule has 0 fully saturated rings. The lowest BCUT2D eigenvalue weighted by Gasteiger charge is -2.06. The zero-order valence-electron chi connectivity index (χ0n) is 8.20. The van der Waals surface area contributed by atoms with E-state index in [0.717, 1.165) is 8.04 Å². The molecule has 1 rings (SSSR count). The van der Waals surface area contributed by atoms with Gasteiger partial charge in [-0.05, 0) is 34.7 Å². The van der Waals surface area contributed by atoms with Crippen LogP contribution in [0.3, 0.4) is 0 Å². The molecule has 82 valence electrons. The van der Waals surface area contributed by atoms with Crippen molar-refractivity contribution < 1.29 is 0 Å². The van der Waals surface area contributed by atoms with Crippen LogP contribution in [0.25, 0.3) is 0 Å². The summed E-state index contributed by atoms with van der Waals surface area (Å²) in [4.78, 5) is 0. The first-order chi connectivity index (χ1) is 8.12. The maximum Gasteiger partial charge on any atom is 0.237 e. The topological polar surface area (TPSA) is 95.8 Å². The summed E-state index contributed by atoms with van der Waals surface area (Å²) >= 11 is 5.30. The minimum Gasteiger partial charge on any atom is -0.274 e. The molecule has 0 saturated carbocycles. The van der Waals surface area contributed by atoms with Gasteiger partial charge < -0.3 is 0 Å². The summed E-state index contributed by atoms with van der Waals surface area (Å²) in [5.74, 6) is 0. The van der Waals surface area contributed by atoms with Gasteiger partial charge in [0.15, 0.2) is 0 Å². The Labute approximate surface area is 120 Å². The molecule has 17 heavy (non-hydrogen) atoms. The normalized spacial score (nSPS) is 8.41. The monoisotopic (exact) mass is 399 g/mol. The van der Waals surface area contributed by atoms with E-state index in [1.165, 1.54) is 0 Å². The maximum atomic E-state index is 8.95. The summed E-state index contributed by atoms with van der Waals surface area (Å²) in [7, 11) is 0. The highest BCUT2D eigenvalue weighted by Gasteiger charge is 2.08. The first-order valence-corrected chi connectivity index (χ1v) is 6.02. The third-order valence-electron chi connectivity index (χ3n) is 1.67. The van der Waals surface area contributed by atoms with Crippen molar-refractivity contribution in [2.45, 2.75) is 0 Å². The van der Waals surface area contributed by atoms with Gasteiger partial charge in [-0.15, -0.1) is 0 Å². The van der Waals surface area contributed by atoms with E-state index in [4.69, 9.17) is 15.8 Å². The molecular formula is C10H3BrIN5. The van der Waals surface area contributed by atoms with Gasteiger partial charge in [0.2, 0.25) is 5.71 Å². The fourth-order valence-electron chi connectivity index (χ4n) is 0.962. The van der Waals surface area contributed by atoms with Gasteiger partial charge in [-0.25, -0.2) is 0 Å². The van der Waals surface area contributed by atoms with Crippen LogP contribution in [0.4, 0.5) is 5.69 Å². The Bertz CT molecular complexity index is 587. The first kappa shape index (κ1) is 13.4. The number of hydrogen-bond donors (Lipinski definition) is 1. The second-order valence-electron chi connectivity index (χ2n) is 2.72. The molecule has 0 aliphatic rings. The summed E-state index contributed by atoms with van der Waals surface area (Å²) in [6.45, 7) is 0. The average Bonchev–Trinajstić information content (AvgIpc) is 2.31. The molecule has 0 spiro atoms. The molecule has 0 radical (unpaired) electrons. The number of nitriles is 3. The van der Waals surface area contributed by atoms with Gasteiger partial charge in [-0.3, -0.25) is 5.43 Å². The summed E-state index contributed by atoms with van der Waals surface area (Å²) in [5, 5.41) is 29.6. The molecule has 0 atom stereocenters. The number of benzene rings is 1. The molecule has 0 aromatic heterocycles. The third-order valence-corrected chi connectivity index (χ3v) is 2.98. The molecule has 0 aliphatic heterocycles. The van der Waals surface area contributed by atoms with E-state index < -0.39 is 0 Å². The molecular weight excluding hydrogens is 397 g/mol. The lowest BCUT2D eigenvalue weighted by atomic mass is 10.2. The van der Waals surface area contributed by atoms with E-state index in [0.29, 0.717) is 11.3 Å². The van der Waals surface area contributed by atoms with Crippen molar-refractivity contribution in [1.29, 1.82) is 15.8 Å². The second kappa shape index (κ2) is 6.19. The van der Waals surface area contributed by atoms with Crippen molar-refractivity contribution >= 4 is 49.9 Å². The quantitative estimate of drug-likeness (QED) is 0.469. The van der Waals surface area contributed by atoms with Gasteiger partial charge >= 0.3 is 0 Å². The SMILES string of the molecule is N#CC(C#N)=NNc1c(I)cc(Br)cc1C#N. The number of nitrogens with zero attached hydrogens (tertiary/aromatic N) is 4. The highest BCUT2D eigenvalue weighted by molar-refractivity contribution is 14.1. The van der Waals surface area contributed by atoms with Gasteiger partial charge in [0, 0.05) is 8.04 Å². The predicted molar refractivity (Wildman–Crippen MR) is 73.9 cm³/mol. The number of halogens is 2. The maximum absolute atomic E-state index is 8.95. The van der Waals surface area contributed by atoms with E-state index in [9.17, 15) is 0 Å². The summed E-state index contributed by atoms with van der Waals surface area (Å²) in [6.07, 6.45) is 0. The van der Waals surface area contributed by atoms with Gasteiger partial charge in [0.25, 0.3) is 0 Å². The van der Waals surface area contributed by atoms with Crippen LogP contribution in [-0.4, -0.2) is 5.71 Å². The van der Waals surface area contributed by atoms with Gasteiger partial charge in [0.05, 0.1) is 11.3 Å². The number of anilines is 1. The third kappa shape index (κ3) is 3.42. The Kier molecular flexibility index (Phi) is 4.89. The number of rotatable bonds is 2. The Morgan fingerprint density at radius 2 is 1.94 bits per heavy atom. The van der Waals surface area contributed by atoms with E-state index in [1.54, 1.807) is 24.3 Å². The summed E-state index contributed by atoms with van der Waals surface area (Å²) in [5.41, 5.74) is 3.10. The van der Waals surface area contributed by atoms with E-state index in [1.807, 2.05) is 28.7 Å². The molecule has 0 saturated heterocycles. The molecule has 5 nitrogen and oxygen atoms in total. The molecule has 1 aromatic rings. The van der Waals surface area contributed by atoms with Crippen LogP contribution in [0.1, 0.15) is 5.56 Å². The molecule has 7 heteroatoms. The summed E-state index contributed by atoms with van der Waals surface area (Å²) in [6, 6.07) is 8.66. The van der Waals surface area contributed by atoms with Crippen LogP contribution in [0.5, 0.6) is 0 Å². The molecule has 1 aromatic carbocycles. The fourth-order valence-corrected chi connectivity index (χ4v) is 2.59. The van der Waals surface area contributed by atoms with Crippen LogP contribution in [0.2, 0.25) is 0 Å². The Balaban J connectivity index is 3.18. The number of hydrazone groups is 1. The standard InChI is InChI=1S/C10H3BrIN5/c11-7-1-6(3-13)10(9(12)2-7)17-16-8(4-14)5-15/h1-2,17H. The highest BCUT2D eigenvalue weighted by atomic mass is 127. The van der Waals surface area contributed by atoms with Crippen molar-refractivity contribution in [3.8, 4) is 18.2 Å². The Morgan fingerprint density at radius 1 is 1.29 bits per heavy atom. The lowest BCUT2D eigenvalue weighted by Crippen LogP contribution is -2.00. The van der Waals surface area contributed by atoms with Crippen LogP contribution >= 0.6 is 38.5 Å². The molecule has 0 unspecified atom stereocenters. The Hall–Kier alpha value is -1.63. The van der Waals surface area contributed by atoms with Gasteiger partial charge in [-0.2, -0.15) is 20.9 Å². The molecule has 0 heterocycles. The number of hydrogen-bond acceptors (Lipinski definition) is 5. The molecule has 0 bridgehead atoms. The van der Waals surface area contributed by atoms with Crippen molar-refractivity contribution in [3.05, 3.63) is 25.7 Å². The van der Waals surface area contributed by atoms with Gasteiger partial charge in [0.1, 0.15) is 18.2 Å². The Morgan fingerprint density at radius 3 is 2.47 bits per heavy atom. The summed E-state index contributed by atoms with van der Waals surface area (Å²) < 4.78 is 1.53. The van der Waals surface area contributed by atoms with Crippen LogP contribution in [0.15, 0.2) is 21.7 Å². The zero-order valence-corrected chi connectivity index (χ0v) is 11.9. The van der Waals surface area contributed by atoms with Crippen LogP contribution in [0, 0.1) is 37.6 Å². The number of nitrogens with one attached hydrogen (secondary N) is 1. The first-order valence-electron chi connectivity index (χ1n) is 4.15. The predicted octanol–water partition coefficient (Wildman–Crippen LogP) is 2.74. The van der Waals surface area contributed by atoms with Crippen molar-refractivity contribution in [1.82, 2.24) is 0 Å². The lowest BCUT2D eigenvalue weighted by molar-refractivity contribution is 1.31. The van der Waals surface area contributed by atoms with Gasteiger partial charge in [-0.1, -0.05) is 15.9 Å². The highest BCUT2D eigenvalue weighted by Crippen LogP contribution is 2.27. The van der Waals surface area contributed by atoms with Crippen LogP contribution in [-0.2, 0) is 0 Å². The molecule has 0 amide bonds. The zero-order chi connectivity index (χ0) is 12.8. The molecule has 1 N–H and O–H groups in total.